The Morgan fingerprint density at radius 1 is 1.80 bits per heavy atom. The maximum absolute atomic E-state index is 5.59. The number of aromatic nitrogens is 1. The second kappa shape index (κ2) is 5.03. The fourth-order valence-corrected chi connectivity index (χ4v) is 2.71. The molecule has 0 radical (unpaired) electrons. The SMILES string of the molecule is CC1CC(C(Cc2nccs2)NN)CO1. The molecule has 0 amide bonds. The van der Waals surface area contributed by atoms with E-state index in [4.69, 9.17) is 10.6 Å². The maximum atomic E-state index is 5.59. The molecule has 3 unspecified atom stereocenters. The minimum absolute atomic E-state index is 0.279. The van der Waals surface area contributed by atoms with Gasteiger partial charge in [-0.3, -0.25) is 11.3 Å². The smallest absolute Gasteiger partial charge is 0.0940 e. The standard InChI is InChI=1S/C10H17N3OS/c1-7-4-8(6-14-7)9(13-11)5-10-12-2-3-15-10/h2-3,7-9,13H,4-6,11H2,1H3. The predicted molar refractivity (Wildman–Crippen MR) is 60.5 cm³/mol. The third-order valence-corrected chi connectivity index (χ3v) is 3.69. The predicted octanol–water partition coefficient (Wildman–Crippen LogP) is 0.943. The van der Waals surface area contributed by atoms with Crippen LogP contribution in [-0.2, 0) is 11.2 Å². The van der Waals surface area contributed by atoms with E-state index >= 15 is 0 Å². The summed E-state index contributed by atoms with van der Waals surface area (Å²) in [6.07, 6.45) is 4.18. The van der Waals surface area contributed by atoms with E-state index in [1.165, 1.54) is 0 Å². The second-order valence-corrected chi connectivity index (χ2v) is 5.02. The van der Waals surface area contributed by atoms with Gasteiger partial charge in [0.15, 0.2) is 0 Å². The van der Waals surface area contributed by atoms with Crippen molar-refractivity contribution in [3.63, 3.8) is 0 Å². The summed E-state index contributed by atoms with van der Waals surface area (Å²) in [5.41, 5.74) is 2.89. The molecular formula is C10H17N3OS. The number of nitrogens with zero attached hydrogens (tertiary/aromatic N) is 1. The zero-order chi connectivity index (χ0) is 10.7. The zero-order valence-electron chi connectivity index (χ0n) is 8.85. The van der Waals surface area contributed by atoms with Gasteiger partial charge in [-0.15, -0.1) is 11.3 Å². The van der Waals surface area contributed by atoms with Gasteiger partial charge in [0.25, 0.3) is 0 Å². The molecule has 1 aromatic heterocycles. The van der Waals surface area contributed by atoms with Gasteiger partial charge in [-0.2, -0.15) is 0 Å². The van der Waals surface area contributed by atoms with Crippen LogP contribution in [0.5, 0.6) is 0 Å². The highest BCUT2D eigenvalue weighted by atomic mass is 32.1. The van der Waals surface area contributed by atoms with Gasteiger partial charge in [-0.25, -0.2) is 4.98 Å². The molecule has 5 heteroatoms. The highest BCUT2D eigenvalue weighted by molar-refractivity contribution is 7.09. The van der Waals surface area contributed by atoms with E-state index in [9.17, 15) is 0 Å². The largest absolute Gasteiger partial charge is 0.378 e. The van der Waals surface area contributed by atoms with Gasteiger partial charge in [-0.1, -0.05) is 0 Å². The first-order valence-corrected chi connectivity index (χ1v) is 6.13. The van der Waals surface area contributed by atoms with Crippen LogP contribution >= 0.6 is 11.3 Å². The summed E-state index contributed by atoms with van der Waals surface area (Å²) in [7, 11) is 0. The first-order valence-electron chi connectivity index (χ1n) is 5.25. The van der Waals surface area contributed by atoms with Gasteiger partial charge >= 0.3 is 0 Å². The lowest BCUT2D eigenvalue weighted by atomic mass is 9.95. The van der Waals surface area contributed by atoms with Crippen LogP contribution in [0, 0.1) is 5.92 Å². The summed E-state index contributed by atoms with van der Waals surface area (Å²) in [6.45, 7) is 2.92. The molecule has 1 aromatic rings. The molecule has 1 aliphatic heterocycles. The molecule has 0 saturated carbocycles. The molecule has 2 rings (SSSR count). The van der Waals surface area contributed by atoms with E-state index in [0.717, 1.165) is 24.5 Å². The average Bonchev–Trinajstić information content (AvgIpc) is 2.85. The lowest BCUT2D eigenvalue weighted by molar-refractivity contribution is 0.117. The van der Waals surface area contributed by atoms with Crippen molar-refractivity contribution in [2.24, 2.45) is 11.8 Å². The molecule has 1 aliphatic rings. The van der Waals surface area contributed by atoms with E-state index in [1.54, 1.807) is 11.3 Å². The molecule has 0 spiro atoms. The average molecular weight is 227 g/mol. The van der Waals surface area contributed by atoms with Gasteiger partial charge in [-0.05, 0) is 13.3 Å². The van der Waals surface area contributed by atoms with Gasteiger partial charge < -0.3 is 4.74 Å². The first kappa shape index (κ1) is 11.0. The lowest BCUT2D eigenvalue weighted by Crippen LogP contribution is -2.42. The highest BCUT2D eigenvalue weighted by Crippen LogP contribution is 2.24. The molecule has 0 bridgehead atoms. The number of hydrazine groups is 1. The van der Waals surface area contributed by atoms with E-state index in [2.05, 4.69) is 17.3 Å². The molecule has 4 nitrogen and oxygen atoms in total. The summed E-state index contributed by atoms with van der Waals surface area (Å²) in [5, 5.41) is 3.13. The van der Waals surface area contributed by atoms with Crippen LogP contribution in [-0.4, -0.2) is 23.7 Å². The van der Waals surface area contributed by atoms with Crippen molar-refractivity contribution in [2.75, 3.05) is 6.61 Å². The van der Waals surface area contributed by atoms with E-state index < -0.39 is 0 Å². The van der Waals surface area contributed by atoms with E-state index in [0.29, 0.717) is 12.0 Å². The van der Waals surface area contributed by atoms with Gasteiger partial charge in [0.1, 0.15) is 0 Å². The number of thiazole rings is 1. The van der Waals surface area contributed by atoms with Gasteiger partial charge in [0.05, 0.1) is 17.7 Å². The first-order chi connectivity index (χ1) is 7.29. The van der Waals surface area contributed by atoms with Crippen molar-refractivity contribution in [1.29, 1.82) is 0 Å². The Bertz CT molecular complexity index is 291. The second-order valence-electron chi connectivity index (χ2n) is 4.04. The summed E-state index contributed by atoms with van der Waals surface area (Å²) in [4.78, 5) is 4.28. The van der Waals surface area contributed by atoms with Crippen LogP contribution in [0.3, 0.4) is 0 Å². The third kappa shape index (κ3) is 2.75. The summed E-state index contributed by atoms with van der Waals surface area (Å²) in [5.74, 6) is 6.09. The van der Waals surface area contributed by atoms with Crippen LogP contribution in [0.15, 0.2) is 11.6 Å². The van der Waals surface area contributed by atoms with Crippen molar-refractivity contribution in [2.45, 2.75) is 31.9 Å². The molecule has 2 heterocycles. The Morgan fingerprint density at radius 3 is 3.20 bits per heavy atom. The highest BCUT2D eigenvalue weighted by Gasteiger charge is 2.29. The van der Waals surface area contributed by atoms with E-state index in [1.807, 2.05) is 11.6 Å². The van der Waals surface area contributed by atoms with Crippen LogP contribution in [0.4, 0.5) is 0 Å². The third-order valence-electron chi connectivity index (χ3n) is 2.89. The Hall–Kier alpha value is -0.490. The quantitative estimate of drug-likeness (QED) is 0.594. The van der Waals surface area contributed by atoms with Crippen LogP contribution in [0.1, 0.15) is 18.4 Å². The lowest BCUT2D eigenvalue weighted by Gasteiger charge is -2.20. The molecule has 3 N–H and O–H groups in total. The molecule has 15 heavy (non-hydrogen) atoms. The summed E-state index contributed by atoms with van der Waals surface area (Å²) < 4.78 is 5.55. The topological polar surface area (TPSA) is 60.2 Å². The number of ether oxygens (including phenoxy) is 1. The number of nitrogens with one attached hydrogen (secondary N) is 1. The van der Waals surface area contributed by atoms with Crippen molar-refractivity contribution >= 4 is 11.3 Å². The minimum Gasteiger partial charge on any atom is -0.378 e. The fourth-order valence-electron chi connectivity index (χ4n) is 2.03. The normalized spacial score (nSPS) is 28.1. The van der Waals surface area contributed by atoms with Gasteiger partial charge in [0, 0.05) is 30.0 Å². The van der Waals surface area contributed by atoms with Crippen LogP contribution in [0.2, 0.25) is 0 Å². The molecule has 1 fully saturated rings. The Balaban J connectivity index is 1.92. The Kier molecular flexibility index (Phi) is 3.69. The molecular weight excluding hydrogens is 210 g/mol. The fraction of sp³-hybridized carbons (Fsp3) is 0.700. The van der Waals surface area contributed by atoms with Crippen LogP contribution in [0.25, 0.3) is 0 Å². The van der Waals surface area contributed by atoms with Crippen molar-refractivity contribution in [1.82, 2.24) is 10.4 Å². The minimum atomic E-state index is 0.279. The Morgan fingerprint density at radius 2 is 2.67 bits per heavy atom. The van der Waals surface area contributed by atoms with Crippen molar-refractivity contribution in [3.05, 3.63) is 16.6 Å². The molecule has 1 saturated heterocycles. The molecule has 84 valence electrons. The zero-order valence-corrected chi connectivity index (χ0v) is 9.67. The van der Waals surface area contributed by atoms with Crippen molar-refractivity contribution in [3.8, 4) is 0 Å². The number of hydrogen-bond acceptors (Lipinski definition) is 5. The number of hydrogen-bond donors (Lipinski definition) is 2. The summed E-state index contributed by atoms with van der Waals surface area (Å²) >= 11 is 1.68. The van der Waals surface area contributed by atoms with Crippen LogP contribution < -0.4 is 11.3 Å². The Labute approximate surface area is 93.8 Å². The number of rotatable bonds is 4. The van der Waals surface area contributed by atoms with E-state index in [-0.39, 0.29) is 6.04 Å². The van der Waals surface area contributed by atoms with Crippen molar-refractivity contribution < 1.29 is 4.74 Å². The summed E-state index contributed by atoms with van der Waals surface area (Å²) in [6, 6.07) is 0.279. The monoisotopic (exact) mass is 227 g/mol. The maximum Gasteiger partial charge on any atom is 0.0940 e. The molecule has 3 atom stereocenters. The number of nitrogens with two attached hydrogens (primary N) is 1. The molecule has 0 aliphatic carbocycles. The van der Waals surface area contributed by atoms with Gasteiger partial charge in [0.2, 0.25) is 0 Å². The molecule has 0 aromatic carbocycles.